The van der Waals surface area contributed by atoms with Crippen LogP contribution in [0.3, 0.4) is 0 Å². The van der Waals surface area contributed by atoms with Gasteiger partial charge in [-0.15, -0.1) is 0 Å². The minimum absolute atomic E-state index is 0.101. The van der Waals surface area contributed by atoms with Crippen molar-refractivity contribution in [1.82, 2.24) is 29.2 Å². The molecule has 1 saturated heterocycles. The van der Waals surface area contributed by atoms with Gasteiger partial charge in [0.2, 0.25) is 0 Å². The van der Waals surface area contributed by atoms with Crippen LogP contribution in [0.5, 0.6) is 0 Å². The number of fused-ring (bicyclic) bond motifs is 1. The first-order valence-corrected chi connectivity index (χ1v) is 7.57. The molecule has 22 heavy (non-hydrogen) atoms. The van der Waals surface area contributed by atoms with Crippen LogP contribution in [0.25, 0.3) is 0 Å². The van der Waals surface area contributed by atoms with Crippen LogP contribution >= 0.6 is 0 Å². The van der Waals surface area contributed by atoms with E-state index in [9.17, 15) is 4.79 Å². The molecule has 2 aliphatic heterocycles. The maximum absolute atomic E-state index is 12.4. The Kier molecular flexibility index (Phi) is 3.38. The Hall–Kier alpha value is -2.22. The van der Waals surface area contributed by atoms with E-state index in [1.165, 1.54) is 6.33 Å². The van der Waals surface area contributed by atoms with E-state index < -0.39 is 0 Å². The average molecular weight is 302 g/mol. The minimum atomic E-state index is -0.254. The van der Waals surface area contributed by atoms with Crippen molar-refractivity contribution in [3.05, 3.63) is 30.4 Å². The van der Waals surface area contributed by atoms with E-state index in [2.05, 4.69) is 19.6 Å². The molecule has 116 valence electrons. The first kappa shape index (κ1) is 13.4. The number of rotatable bonds is 3. The smallest absolute Gasteiger partial charge is 0.252 e. The van der Waals surface area contributed by atoms with Gasteiger partial charge in [-0.25, -0.2) is 14.6 Å². The molecule has 0 unspecified atom stereocenters. The standard InChI is InChI=1S/C14H18N6O2/c21-14(12-2-1-5-22-12)19-4-3-18-6-11(17-13(18)8-19)7-20-10-15-9-16-20/h6,9-10,12H,1-5,7-8H2/t12-/m1/s1. The van der Waals surface area contributed by atoms with Crippen LogP contribution in [0, 0.1) is 0 Å². The Morgan fingerprint density at radius 2 is 2.36 bits per heavy atom. The maximum atomic E-state index is 12.4. The monoisotopic (exact) mass is 302 g/mol. The normalized spacial score (nSPS) is 21.1. The zero-order valence-corrected chi connectivity index (χ0v) is 12.3. The molecule has 0 radical (unpaired) electrons. The zero-order valence-electron chi connectivity index (χ0n) is 12.3. The third-order valence-electron chi connectivity index (χ3n) is 4.16. The van der Waals surface area contributed by atoms with Crippen molar-refractivity contribution >= 4 is 5.91 Å². The minimum Gasteiger partial charge on any atom is -0.368 e. The van der Waals surface area contributed by atoms with Gasteiger partial charge in [-0.1, -0.05) is 0 Å². The second-order valence-corrected chi connectivity index (χ2v) is 5.70. The summed E-state index contributed by atoms with van der Waals surface area (Å²) in [5, 5.41) is 4.09. The van der Waals surface area contributed by atoms with Crippen LogP contribution in [-0.2, 0) is 29.2 Å². The van der Waals surface area contributed by atoms with Gasteiger partial charge in [-0.3, -0.25) is 4.79 Å². The van der Waals surface area contributed by atoms with Crippen molar-refractivity contribution in [1.29, 1.82) is 0 Å². The van der Waals surface area contributed by atoms with Crippen molar-refractivity contribution in [3.8, 4) is 0 Å². The van der Waals surface area contributed by atoms with Crippen LogP contribution in [0.2, 0.25) is 0 Å². The van der Waals surface area contributed by atoms with Crippen molar-refractivity contribution in [2.24, 2.45) is 0 Å². The number of hydrogen-bond donors (Lipinski definition) is 0. The van der Waals surface area contributed by atoms with Gasteiger partial charge >= 0.3 is 0 Å². The fourth-order valence-corrected chi connectivity index (χ4v) is 3.03. The lowest BCUT2D eigenvalue weighted by molar-refractivity contribution is -0.142. The molecule has 8 heteroatoms. The SMILES string of the molecule is O=C([C@H]1CCCO1)N1CCn2cc(Cn3cncn3)nc2C1. The van der Waals surface area contributed by atoms with Gasteiger partial charge in [0.05, 0.1) is 18.8 Å². The number of nitrogens with zero attached hydrogens (tertiary/aromatic N) is 6. The molecule has 1 amide bonds. The topological polar surface area (TPSA) is 78.1 Å². The third kappa shape index (κ3) is 2.50. The van der Waals surface area contributed by atoms with Gasteiger partial charge in [0.15, 0.2) is 0 Å². The number of carbonyl (C=O) groups is 1. The van der Waals surface area contributed by atoms with Crippen LogP contribution in [0.15, 0.2) is 18.9 Å². The highest BCUT2D eigenvalue weighted by atomic mass is 16.5. The van der Waals surface area contributed by atoms with Gasteiger partial charge < -0.3 is 14.2 Å². The summed E-state index contributed by atoms with van der Waals surface area (Å²) in [5.74, 6) is 1.03. The van der Waals surface area contributed by atoms with E-state index in [4.69, 9.17) is 4.74 Å². The molecule has 4 heterocycles. The van der Waals surface area contributed by atoms with E-state index in [1.54, 1.807) is 11.0 Å². The number of hydrogen-bond acceptors (Lipinski definition) is 5. The van der Waals surface area contributed by atoms with E-state index in [1.807, 2.05) is 11.1 Å². The summed E-state index contributed by atoms with van der Waals surface area (Å²) in [6, 6.07) is 0. The van der Waals surface area contributed by atoms with Gasteiger partial charge in [-0.05, 0) is 12.8 Å². The first-order chi connectivity index (χ1) is 10.8. The first-order valence-electron chi connectivity index (χ1n) is 7.57. The van der Waals surface area contributed by atoms with Crippen LogP contribution in [0.1, 0.15) is 24.4 Å². The van der Waals surface area contributed by atoms with Crippen LogP contribution in [-0.4, -0.2) is 54.4 Å². The Labute approximate surface area is 127 Å². The molecule has 2 aliphatic rings. The summed E-state index contributed by atoms with van der Waals surface area (Å²) in [7, 11) is 0. The van der Waals surface area contributed by atoms with E-state index in [-0.39, 0.29) is 12.0 Å². The Balaban J connectivity index is 1.46. The number of carbonyl (C=O) groups excluding carboxylic acids is 1. The fraction of sp³-hybridized carbons (Fsp3) is 0.571. The van der Waals surface area contributed by atoms with Crippen LogP contribution < -0.4 is 0 Å². The zero-order chi connectivity index (χ0) is 14.9. The summed E-state index contributed by atoms with van der Waals surface area (Å²) in [6.45, 7) is 3.33. The lowest BCUT2D eigenvalue weighted by atomic mass is 10.2. The molecule has 4 rings (SSSR count). The number of ether oxygens (including phenoxy) is 1. The fourth-order valence-electron chi connectivity index (χ4n) is 3.03. The van der Waals surface area contributed by atoms with Crippen molar-refractivity contribution in [3.63, 3.8) is 0 Å². The van der Waals surface area contributed by atoms with E-state index >= 15 is 0 Å². The van der Waals surface area contributed by atoms with E-state index in [0.717, 1.165) is 30.9 Å². The maximum Gasteiger partial charge on any atom is 0.252 e. The second-order valence-electron chi connectivity index (χ2n) is 5.70. The quantitative estimate of drug-likeness (QED) is 0.800. The molecule has 1 atom stereocenters. The van der Waals surface area contributed by atoms with Crippen molar-refractivity contribution in [2.45, 2.75) is 38.6 Å². The van der Waals surface area contributed by atoms with Crippen molar-refractivity contribution in [2.75, 3.05) is 13.2 Å². The van der Waals surface area contributed by atoms with Crippen LogP contribution in [0.4, 0.5) is 0 Å². The lowest BCUT2D eigenvalue weighted by Crippen LogP contribution is -2.43. The molecule has 1 fully saturated rings. The van der Waals surface area contributed by atoms with Gasteiger partial charge in [0.1, 0.15) is 24.6 Å². The second kappa shape index (κ2) is 5.53. The molecule has 2 aromatic heterocycles. The Morgan fingerprint density at radius 3 is 3.14 bits per heavy atom. The number of aromatic nitrogens is 5. The van der Waals surface area contributed by atoms with Gasteiger partial charge in [0, 0.05) is 25.9 Å². The molecule has 0 bridgehead atoms. The summed E-state index contributed by atoms with van der Waals surface area (Å²) in [6.07, 6.45) is 6.77. The largest absolute Gasteiger partial charge is 0.368 e. The summed E-state index contributed by atoms with van der Waals surface area (Å²) >= 11 is 0. The van der Waals surface area contributed by atoms with Gasteiger partial charge in [0.25, 0.3) is 5.91 Å². The van der Waals surface area contributed by atoms with Crippen molar-refractivity contribution < 1.29 is 9.53 Å². The predicted molar refractivity (Wildman–Crippen MR) is 75.7 cm³/mol. The molecule has 2 aromatic rings. The predicted octanol–water partition coefficient (Wildman–Crippen LogP) is 0.0441. The highest BCUT2D eigenvalue weighted by Gasteiger charge is 2.30. The molecular weight excluding hydrogens is 284 g/mol. The summed E-state index contributed by atoms with van der Waals surface area (Å²) in [4.78, 5) is 22.8. The molecule has 8 nitrogen and oxygen atoms in total. The molecular formula is C14H18N6O2. The average Bonchev–Trinajstić information content (AvgIpc) is 3.27. The lowest BCUT2D eigenvalue weighted by Gasteiger charge is -2.29. The Morgan fingerprint density at radius 1 is 1.41 bits per heavy atom. The highest BCUT2D eigenvalue weighted by molar-refractivity contribution is 5.81. The third-order valence-corrected chi connectivity index (χ3v) is 4.16. The molecule has 0 spiro atoms. The van der Waals surface area contributed by atoms with Gasteiger partial charge in [-0.2, -0.15) is 5.10 Å². The van der Waals surface area contributed by atoms with E-state index in [0.29, 0.717) is 26.2 Å². The number of imidazole rings is 1. The summed E-state index contributed by atoms with van der Waals surface area (Å²) in [5.41, 5.74) is 0.937. The molecule has 0 aromatic carbocycles. The summed E-state index contributed by atoms with van der Waals surface area (Å²) < 4.78 is 9.35. The number of amides is 1. The molecule has 0 N–H and O–H groups in total. The Bertz CT molecular complexity index is 659. The highest BCUT2D eigenvalue weighted by Crippen LogP contribution is 2.19. The molecule has 0 saturated carbocycles. The molecule has 0 aliphatic carbocycles.